The zero-order chi connectivity index (χ0) is 50.0. The minimum absolute atomic E-state index is 0.0268. The fourth-order valence-corrected chi connectivity index (χ4v) is 12.3. The van der Waals surface area contributed by atoms with E-state index in [0.717, 1.165) is 43.4 Å². The van der Waals surface area contributed by atoms with Gasteiger partial charge >= 0.3 is 6.03 Å². The number of nitrogens with one attached hydrogen (secondary N) is 2. The molecule has 14 nitrogen and oxygen atoms in total. The van der Waals surface area contributed by atoms with Crippen LogP contribution in [-0.2, 0) is 22.2 Å². The molecule has 374 valence electrons. The van der Waals surface area contributed by atoms with E-state index in [2.05, 4.69) is 20.6 Å². The Morgan fingerprint density at radius 1 is 0.887 bits per heavy atom. The van der Waals surface area contributed by atoms with Gasteiger partial charge in [-0.05, 0) is 94.1 Å². The average Bonchev–Trinajstić information content (AvgIpc) is 3.84. The number of hydrogen-bond acceptors (Lipinski definition) is 9. The van der Waals surface area contributed by atoms with E-state index in [0.29, 0.717) is 57.4 Å². The molecular formula is C52H55ClF4N8O6. The molecule has 5 aromatic rings. The maximum atomic E-state index is 16.3. The van der Waals surface area contributed by atoms with Crippen molar-refractivity contribution in [3.63, 3.8) is 0 Å². The SMILES string of the molecule is C[C@H]1c2c(cc(F)c(Cl)c2-c2c(C(N)=O)ccc(O)c2F)O[C@]1(CNC1CCC(C(=O)N2CCC(N3CCC(c4c(F)cc5c(N6CCC(=O)NC6=O)nn(C)c5c4F)CC3)CC2)CC1)c1ccccc1. The van der Waals surface area contributed by atoms with Gasteiger partial charge in [0.25, 0.3) is 0 Å². The van der Waals surface area contributed by atoms with Crippen molar-refractivity contribution in [3.8, 4) is 22.6 Å². The Labute approximate surface area is 412 Å². The van der Waals surface area contributed by atoms with Crippen molar-refractivity contribution in [1.82, 2.24) is 30.2 Å². The lowest BCUT2D eigenvalue weighted by molar-refractivity contribution is -0.138. The Morgan fingerprint density at radius 3 is 2.27 bits per heavy atom. The molecule has 5 N–H and O–H groups in total. The van der Waals surface area contributed by atoms with Crippen molar-refractivity contribution in [2.45, 2.75) is 94.2 Å². The van der Waals surface area contributed by atoms with E-state index in [1.807, 2.05) is 42.2 Å². The number of aromatic hydroxyl groups is 1. The van der Waals surface area contributed by atoms with E-state index >= 15 is 17.6 Å². The van der Waals surface area contributed by atoms with Crippen molar-refractivity contribution in [2.24, 2.45) is 18.7 Å². The lowest BCUT2D eigenvalue weighted by Crippen LogP contribution is -2.51. The van der Waals surface area contributed by atoms with Crippen LogP contribution in [0.5, 0.6) is 11.5 Å². The summed E-state index contributed by atoms with van der Waals surface area (Å²) < 4.78 is 71.7. The van der Waals surface area contributed by atoms with Crippen molar-refractivity contribution in [3.05, 3.63) is 105 Å². The predicted octanol–water partition coefficient (Wildman–Crippen LogP) is 8.11. The minimum atomic E-state index is -1.16. The number of primary amides is 1. The van der Waals surface area contributed by atoms with Crippen LogP contribution in [0.3, 0.4) is 0 Å². The molecule has 10 rings (SSSR count). The standard InChI is InChI=1S/C52H55ClF4N8O6/c1-27-40-38(25-36(55)44(53)43(40)42-33(48(58)68)12-13-37(66)45(42)56)71-52(27,30-6-4-3-5-7-30)26-59-31-10-8-29(9-11-31)50(69)64-21-16-32(17-22-64)63-19-14-28(15-20-63)41-35(54)24-34-47(46(41)57)62(2)61-49(34)65-23-18-39(67)60-51(65)70/h3-7,12-13,24-25,27-29,31-32,59,66H,8-11,14-23,26H2,1-2H3,(H2,58,68)(H,60,67,70)/t27-,29?,31?,52-/m0/s1. The first-order valence-corrected chi connectivity index (χ1v) is 24.7. The second kappa shape index (κ2) is 19.1. The molecule has 0 bridgehead atoms. The number of phenolic OH excluding ortho intramolecular Hbond substituents is 1. The highest BCUT2D eigenvalue weighted by atomic mass is 35.5. The van der Waals surface area contributed by atoms with Crippen molar-refractivity contribution >= 4 is 52.1 Å². The zero-order valence-electron chi connectivity index (χ0n) is 39.4. The lowest BCUT2D eigenvalue weighted by atomic mass is 9.77. The number of carbonyl (C=O) groups excluding carboxylic acids is 4. The number of ether oxygens (including phenoxy) is 1. The molecule has 5 amide bonds. The van der Waals surface area contributed by atoms with Gasteiger partial charge in [0.2, 0.25) is 17.7 Å². The number of aryl methyl sites for hydroxylation is 1. The molecule has 5 heterocycles. The number of imide groups is 1. The van der Waals surface area contributed by atoms with Crippen LogP contribution < -0.4 is 26.0 Å². The molecule has 4 aliphatic heterocycles. The number of halogens is 5. The normalized spacial score (nSPS) is 23.5. The first kappa shape index (κ1) is 48.4. The Morgan fingerprint density at radius 2 is 1.59 bits per heavy atom. The number of hydrogen-bond donors (Lipinski definition) is 4. The fourth-order valence-electron chi connectivity index (χ4n) is 12.0. The number of piperidine rings is 2. The van der Waals surface area contributed by atoms with Gasteiger partial charge in [0.1, 0.15) is 22.9 Å². The number of anilines is 1. The van der Waals surface area contributed by atoms with Gasteiger partial charge in [0.15, 0.2) is 28.8 Å². The smallest absolute Gasteiger partial charge is 0.329 e. The number of benzene rings is 4. The molecule has 3 saturated heterocycles. The number of urea groups is 1. The van der Waals surface area contributed by atoms with Gasteiger partial charge in [0, 0.05) is 91.9 Å². The van der Waals surface area contributed by atoms with E-state index in [1.165, 1.54) is 21.7 Å². The maximum absolute atomic E-state index is 16.3. The molecule has 2 atom stereocenters. The van der Waals surface area contributed by atoms with Crippen LogP contribution in [0.4, 0.5) is 28.2 Å². The fraction of sp³-hybridized carbons (Fsp3) is 0.442. The Hall–Kier alpha value is -6.24. The Bertz CT molecular complexity index is 2950. The third-order valence-corrected chi connectivity index (χ3v) is 16.2. The summed E-state index contributed by atoms with van der Waals surface area (Å²) in [5.41, 5.74) is 5.00. The second-order valence-corrected chi connectivity index (χ2v) is 20.1. The first-order chi connectivity index (χ1) is 34.1. The number of amides is 5. The topological polar surface area (TPSA) is 175 Å². The summed E-state index contributed by atoms with van der Waals surface area (Å²) in [5, 5.41) is 20.4. The molecule has 1 aromatic heterocycles. The van der Waals surface area contributed by atoms with Gasteiger partial charge in [0.05, 0.1) is 16.0 Å². The van der Waals surface area contributed by atoms with Crippen LogP contribution in [0.15, 0.2) is 54.6 Å². The van der Waals surface area contributed by atoms with Crippen LogP contribution in [0.2, 0.25) is 5.02 Å². The van der Waals surface area contributed by atoms with Gasteiger partial charge in [-0.1, -0.05) is 48.9 Å². The minimum Gasteiger partial charge on any atom is -0.505 e. The molecule has 1 aliphatic carbocycles. The summed E-state index contributed by atoms with van der Waals surface area (Å²) in [6.45, 7) is 4.78. The van der Waals surface area contributed by atoms with Gasteiger partial charge in [-0.25, -0.2) is 22.4 Å². The lowest BCUT2D eigenvalue weighted by Gasteiger charge is -2.43. The summed E-state index contributed by atoms with van der Waals surface area (Å²) in [5.74, 6) is -6.26. The van der Waals surface area contributed by atoms with E-state index in [4.69, 9.17) is 22.1 Å². The summed E-state index contributed by atoms with van der Waals surface area (Å²) in [4.78, 5) is 56.4. The highest BCUT2D eigenvalue weighted by molar-refractivity contribution is 6.34. The molecule has 5 aliphatic rings. The summed E-state index contributed by atoms with van der Waals surface area (Å²) >= 11 is 6.61. The first-order valence-electron chi connectivity index (χ1n) is 24.4. The van der Waals surface area contributed by atoms with Crippen molar-refractivity contribution in [1.29, 1.82) is 0 Å². The van der Waals surface area contributed by atoms with Crippen LogP contribution in [0.1, 0.15) is 104 Å². The molecular weight excluding hydrogens is 944 g/mol. The van der Waals surface area contributed by atoms with Crippen molar-refractivity contribution < 1.29 is 46.6 Å². The third kappa shape index (κ3) is 8.54. The number of aromatic nitrogens is 2. The molecule has 0 spiro atoms. The molecule has 71 heavy (non-hydrogen) atoms. The number of nitrogens with zero attached hydrogens (tertiary/aromatic N) is 5. The predicted molar refractivity (Wildman–Crippen MR) is 257 cm³/mol. The summed E-state index contributed by atoms with van der Waals surface area (Å²) in [7, 11) is 1.55. The van der Waals surface area contributed by atoms with Crippen LogP contribution in [-0.4, -0.2) is 99.8 Å². The number of likely N-dealkylation sites (tertiary alicyclic amines) is 2. The highest BCUT2D eigenvalue weighted by Crippen LogP contribution is 2.56. The van der Waals surface area contributed by atoms with Gasteiger partial charge in [-0.3, -0.25) is 29.3 Å². The van der Waals surface area contributed by atoms with Gasteiger partial charge in [-0.2, -0.15) is 5.10 Å². The third-order valence-electron chi connectivity index (χ3n) is 15.9. The Kier molecular flexibility index (Phi) is 13.0. The second-order valence-electron chi connectivity index (χ2n) is 19.7. The van der Waals surface area contributed by atoms with E-state index < -0.39 is 69.0 Å². The van der Waals surface area contributed by atoms with Crippen LogP contribution in [0, 0.1) is 29.2 Å². The maximum Gasteiger partial charge on any atom is 0.329 e. The van der Waals surface area contributed by atoms with E-state index in [1.54, 1.807) is 7.05 Å². The van der Waals surface area contributed by atoms with Crippen LogP contribution >= 0.6 is 11.6 Å². The summed E-state index contributed by atoms with van der Waals surface area (Å²) in [6, 6.07) is 13.6. The molecule has 0 radical (unpaired) electrons. The zero-order valence-corrected chi connectivity index (χ0v) is 40.1. The number of phenols is 1. The number of nitrogens with two attached hydrogens (primary N) is 1. The van der Waals surface area contributed by atoms with Crippen LogP contribution in [0.25, 0.3) is 22.0 Å². The van der Waals surface area contributed by atoms with E-state index in [9.17, 15) is 24.3 Å². The average molecular weight is 1000 g/mol. The van der Waals surface area contributed by atoms with Crippen molar-refractivity contribution in [2.75, 3.05) is 44.2 Å². The Balaban J connectivity index is 0.750. The molecule has 4 aromatic carbocycles. The number of fused-ring (bicyclic) bond motifs is 2. The number of carbonyl (C=O) groups is 4. The highest BCUT2D eigenvalue weighted by Gasteiger charge is 2.50. The molecule has 1 saturated carbocycles. The van der Waals surface area contributed by atoms with E-state index in [-0.39, 0.29) is 88.5 Å². The number of rotatable bonds is 10. The molecule has 19 heteroatoms. The quantitative estimate of drug-likeness (QED) is 0.101. The summed E-state index contributed by atoms with van der Waals surface area (Å²) in [6.07, 6.45) is 5.60. The molecule has 4 fully saturated rings. The monoisotopic (exact) mass is 998 g/mol. The largest absolute Gasteiger partial charge is 0.505 e. The molecule has 0 unspecified atom stereocenters. The van der Waals surface area contributed by atoms with Gasteiger partial charge < -0.3 is 30.7 Å². The van der Waals surface area contributed by atoms with Gasteiger partial charge in [-0.15, -0.1) is 0 Å².